The van der Waals surface area contributed by atoms with Gasteiger partial charge in [-0.05, 0) is 31.0 Å². The summed E-state index contributed by atoms with van der Waals surface area (Å²) >= 11 is 6.28. The van der Waals surface area contributed by atoms with Crippen LogP contribution in [0.2, 0.25) is 5.02 Å². The molecule has 0 radical (unpaired) electrons. The normalized spacial score (nSPS) is 15.6. The summed E-state index contributed by atoms with van der Waals surface area (Å²) in [5, 5.41) is 13.5. The Labute approximate surface area is 176 Å². The molecule has 2 N–H and O–H groups in total. The van der Waals surface area contributed by atoms with Crippen molar-refractivity contribution in [1.82, 2.24) is 15.3 Å². The standard InChI is InChI=1S/C21H28ClN5O2/c1-26(2)18-12-23-13-19(24-18)27(3)15-9-10-17(22)16(11-15)21(29)25-20(28)14-7-5-4-6-8-14/h9-14,20,28H,4-8H2,1-3H3,(H,25,29). The number of carbonyl (C=O) groups is 1. The highest BCUT2D eigenvalue weighted by Crippen LogP contribution is 2.29. The lowest BCUT2D eigenvalue weighted by atomic mass is 9.88. The zero-order valence-electron chi connectivity index (χ0n) is 17.1. The lowest BCUT2D eigenvalue weighted by molar-refractivity contribution is 0.0463. The van der Waals surface area contributed by atoms with Crippen molar-refractivity contribution in [2.45, 2.75) is 38.3 Å². The van der Waals surface area contributed by atoms with Crippen LogP contribution in [0.25, 0.3) is 0 Å². The molecule has 0 bridgehead atoms. The van der Waals surface area contributed by atoms with Crippen LogP contribution in [0.4, 0.5) is 17.3 Å². The number of aliphatic hydroxyl groups excluding tert-OH is 1. The first kappa shape index (κ1) is 21.3. The number of amides is 1. The smallest absolute Gasteiger partial charge is 0.254 e. The van der Waals surface area contributed by atoms with Crippen LogP contribution in [0.15, 0.2) is 30.6 Å². The molecular formula is C21H28ClN5O2. The van der Waals surface area contributed by atoms with Crippen molar-refractivity contribution in [2.75, 3.05) is 30.9 Å². The Bertz CT molecular complexity index is 855. The molecule has 1 saturated carbocycles. The molecule has 29 heavy (non-hydrogen) atoms. The number of anilines is 3. The van der Waals surface area contributed by atoms with Gasteiger partial charge in [-0.1, -0.05) is 30.9 Å². The van der Waals surface area contributed by atoms with Gasteiger partial charge in [-0.15, -0.1) is 0 Å². The highest BCUT2D eigenvalue weighted by molar-refractivity contribution is 6.34. The van der Waals surface area contributed by atoms with E-state index in [2.05, 4.69) is 15.3 Å². The Kier molecular flexibility index (Phi) is 6.92. The number of carbonyl (C=O) groups excluding carboxylic acids is 1. The second-order valence-electron chi connectivity index (χ2n) is 7.67. The molecule has 1 aliphatic rings. The predicted octanol–water partition coefficient (Wildman–Crippen LogP) is 3.59. The number of rotatable bonds is 6. The van der Waals surface area contributed by atoms with Crippen LogP contribution in [0.5, 0.6) is 0 Å². The first-order valence-electron chi connectivity index (χ1n) is 9.88. The molecule has 1 aromatic heterocycles. The topological polar surface area (TPSA) is 81.6 Å². The molecule has 0 saturated heterocycles. The Hall–Kier alpha value is -2.38. The van der Waals surface area contributed by atoms with Gasteiger partial charge in [-0.3, -0.25) is 9.78 Å². The van der Waals surface area contributed by atoms with Gasteiger partial charge in [0.15, 0.2) is 5.82 Å². The van der Waals surface area contributed by atoms with E-state index < -0.39 is 6.23 Å². The van der Waals surface area contributed by atoms with Crippen LogP contribution < -0.4 is 15.1 Å². The van der Waals surface area contributed by atoms with Crippen LogP contribution in [0.3, 0.4) is 0 Å². The molecule has 1 unspecified atom stereocenters. The van der Waals surface area contributed by atoms with Crippen molar-refractivity contribution in [1.29, 1.82) is 0 Å². The lowest BCUT2D eigenvalue weighted by Gasteiger charge is -2.27. The van der Waals surface area contributed by atoms with Crippen LogP contribution in [0.1, 0.15) is 42.5 Å². The summed E-state index contributed by atoms with van der Waals surface area (Å²) in [6, 6.07) is 5.20. The molecule has 0 aliphatic heterocycles. The summed E-state index contributed by atoms with van der Waals surface area (Å²) in [6.45, 7) is 0. The molecule has 1 aliphatic carbocycles. The molecule has 7 nitrogen and oxygen atoms in total. The molecule has 1 amide bonds. The van der Waals surface area contributed by atoms with E-state index in [4.69, 9.17) is 11.6 Å². The fraction of sp³-hybridized carbons (Fsp3) is 0.476. The van der Waals surface area contributed by atoms with E-state index in [0.29, 0.717) is 16.4 Å². The van der Waals surface area contributed by atoms with E-state index in [-0.39, 0.29) is 11.8 Å². The Morgan fingerprint density at radius 3 is 2.55 bits per heavy atom. The first-order valence-corrected chi connectivity index (χ1v) is 10.3. The van der Waals surface area contributed by atoms with Gasteiger partial charge in [-0.25, -0.2) is 4.98 Å². The third kappa shape index (κ3) is 5.16. The van der Waals surface area contributed by atoms with Gasteiger partial charge < -0.3 is 20.2 Å². The fourth-order valence-electron chi connectivity index (χ4n) is 3.53. The zero-order chi connectivity index (χ0) is 21.0. The third-order valence-electron chi connectivity index (χ3n) is 5.37. The monoisotopic (exact) mass is 417 g/mol. The van der Waals surface area contributed by atoms with Crippen LogP contribution >= 0.6 is 11.6 Å². The Morgan fingerprint density at radius 2 is 1.86 bits per heavy atom. The van der Waals surface area contributed by atoms with Crippen molar-refractivity contribution in [3.8, 4) is 0 Å². The van der Waals surface area contributed by atoms with Crippen molar-refractivity contribution in [3.05, 3.63) is 41.2 Å². The molecule has 0 spiro atoms. The Balaban J connectivity index is 1.78. The highest BCUT2D eigenvalue weighted by Gasteiger charge is 2.24. The number of hydrogen-bond donors (Lipinski definition) is 2. The minimum atomic E-state index is -0.858. The highest BCUT2D eigenvalue weighted by atomic mass is 35.5. The van der Waals surface area contributed by atoms with Crippen LogP contribution in [-0.2, 0) is 0 Å². The summed E-state index contributed by atoms with van der Waals surface area (Å²) in [6.07, 6.45) is 7.71. The van der Waals surface area contributed by atoms with E-state index in [0.717, 1.165) is 37.2 Å². The van der Waals surface area contributed by atoms with Gasteiger partial charge in [0.2, 0.25) is 0 Å². The lowest BCUT2D eigenvalue weighted by Crippen LogP contribution is -2.41. The summed E-state index contributed by atoms with van der Waals surface area (Å²) in [7, 11) is 5.65. The van der Waals surface area contributed by atoms with Crippen LogP contribution in [0, 0.1) is 5.92 Å². The molecule has 2 aromatic rings. The van der Waals surface area contributed by atoms with Crippen molar-refractivity contribution in [3.63, 3.8) is 0 Å². The van der Waals surface area contributed by atoms with Gasteiger partial charge in [0.05, 0.1) is 23.0 Å². The SMILES string of the molecule is CN(C)c1cncc(N(C)c2ccc(Cl)c(C(=O)NC(O)C3CCCCC3)c2)n1. The number of hydrogen-bond acceptors (Lipinski definition) is 6. The number of halogens is 1. The summed E-state index contributed by atoms with van der Waals surface area (Å²) < 4.78 is 0. The van der Waals surface area contributed by atoms with Gasteiger partial charge in [0.25, 0.3) is 5.91 Å². The van der Waals surface area contributed by atoms with Gasteiger partial charge >= 0.3 is 0 Å². The minimum absolute atomic E-state index is 0.0985. The maximum atomic E-state index is 12.8. The number of nitrogens with zero attached hydrogens (tertiary/aromatic N) is 4. The molecule has 1 aromatic carbocycles. The number of benzene rings is 1. The molecule has 1 atom stereocenters. The maximum Gasteiger partial charge on any atom is 0.254 e. The summed E-state index contributed by atoms with van der Waals surface area (Å²) in [5.41, 5.74) is 1.07. The van der Waals surface area contributed by atoms with Gasteiger partial charge in [-0.2, -0.15) is 0 Å². The van der Waals surface area contributed by atoms with E-state index in [1.54, 1.807) is 24.5 Å². The quantitative estimate of drug-likeness (QED) is 0.699. The average molecular weight is 418 g/mol. The maximum absolute atomic E-state index is 12.8. The first-order chi connectivity index (χ1) is 13.9. The van der Waals surface area contributed by atoms with Crippen LogP contribution in [-0.4, -0.2) is 48.4 Å². The zero-order valence-corrected chi connectivity index (χ0v) is 17.9. The number of nitrogens with one attached hydrogen (secondary N) is 1. The average Bonchev–Trinajstić information content (AvgIpc) is 2.74. The minimum Gasteiger partial charge on any atom is -0.373 e. The predicted molar refractivity (Wildman–Crippen MR) is 116 cm³/mol. The van der Waals surface area contributed by atoms with Gasteiger partial charge in [0.1, 0.15) is 12.0 Å². The molecule has 8 heteroatoms. The van der Waals surface area contributed by atoms with Crippen molar-refractivity contribution >= 4 is 34.8 Å². The summed E-state index contributed by atoms with van der Waals surface area (Å²) in [4.78, 5) is 25.3. The van der Waals surface area contributed by atoms with Crippen molar-refractivity contribution in [2.24, 2.45) is 5.92 Å². The summed E-state index contributed by atoms with van der Waals surface area (Å²) in [5.74, 6) is 1.10. The second-order valence-corrected chi connectivity index (χ2v) is 8.08. The molecule has 1 heterocycles. The van der Waals surface area contributed by atoms with E-state index in [1.807, 2.05) is 37.0 Å². The number of aliphatic hydroxyl groups is 1. The molecule has 3 rings (SSSR count). The molecular weight excluding hydrogens is 390 g/mol. The number of aromatic nitrogens is 2. The van der Waals surface area contributed by atoms with E-state index in [9.17, 15) is 9.90 Å². The fourth-order valence-corrected chi connectivity index (χ4v) is 3.73. The van der Waals surface area contributed by atoms with Crippen molar-refractivity contribution < 1.29 is 9.90 Å². The van der Waals surface area contributed by atoms with E-state index in [1.165, 1.54) is 6.42 Å². The van der Waals surface area contributed by atoms with Gasteiger partial charge in [0, 0.05) is 32.7 Å². The van der Waals surface area contributed by atoms with E-state index >= 15 is 0 Å². The molecule has 156 valence electrons. The Morgan fingerprint density at radius 1 is 1.17 bits per heavy atom. The molecule has 1 fully saturated rings. The third-order valence-corrected chi connectivity index (χ3v) is 5.70. The second kappa shape index (κ2) is 9.41. The largest absolute Gasteiger partial charge is 0.373 e.